The molecule has 0 spiro atoms. The molecule has 0 aliphatic carbocycles. The van der Waals surface area contributed by atoms with Crippen molar-refractivity contribution in [3.63, 3.8) is 0 Å². The summed E-state index contributed by atoms with van der Waals surface area (Å²) in [5, 5.41) is 2.71. The summed E-state index contributed by atoms with van der Waals surface area (Å²) >= 11 is 0. The molecule has 0 saturated carbocycles. The third-order valence-corrected chi connectivity index (χ3v) is 3.22. The van der Waals surface area contributed by atoms with E-state index in [9.17, 15) is 9.59 Å². The average Bonchev–Trinajstić information content (AvgIpc) is 2.52. The quantitative estimate of drug-likeness (QED) is 0.694. The van der Waals surface area contributed by atoms with E-state index in [0.29, 0.717) is 13.1 Å². The van der Waals surface area contributed by atoms with Gasteiger partial charge >= 0.3 is 12.1 Å². The first kappa shape index (κ1) is 21.0. The van der Waals surface area contributed by atoms with E-state index in [4.69, 9.17) is 9.47 Å². The van der Waals surface area contributed by atoms with Gasteiger partial charge in [0.05, 0.1) is 6.54 Å². The summed E-state index contributed by atoms with van der Waals surface area (Å²) in [4.78, 5) is 25.6. The molecule has 0 heterocycles. The summed E-state index contributed by atoms with van der Waals surface area (Å²) in [5.41, 5.74) is 0.448. The molecule has 1 aromatic carbocycles. The second kappa shape index (κ2) is 10.7. The second-order valence-corrected chi connectivity index (χ2v) is 6.85. The lowest BCUT2D eigenvalue weighted by atomic mass is 10.2. The van der Waals surface area contributed by atoms with Crippen LogP contribution in [-0.2, 0) is 20.9 Å². The molecule has 1 N–H and O–H groups in total. The average molecular weight is 350 g/mol. The maximum absolute atomic E-state index is 11.9. The molecule has 25 heavy (non-hydrogen) atoms. The van der Waals surface area contributed by atoms with E-state index in [1.165, 1.54) is 0 Å². The molecule has 0 aromatic heterocycles. The summed E-state index contributed by atoms with van der Waals surface area (Å²) in [7, 11) is 0. The molecule has 0 fully saturated rings. The highest BCUT2D eigenvalue weighted by Gasteiger charge is 2.18. The number of benzene rings is 1. The lowest BCUT2D eigenvalue weighted by Gasteiger charge is -2.24. The molecular weight excluding hydrogens is 320 g/mol. The molecule has 0 unspecified atom stereocenters. The number of carbonyl (C=O) groups is 2. The van der Waals surface area contributed by atoms with Crippen molar-refractivity contribution in [1.29, 1.82) is 0 Å². The molecule has 0 aliphatic rings. The van der Waals surface area contributed by atoms with Gasteiger partial charge in [-0.25, -0.2) is 4.79 Å². The highest BCUT2D eigenvalue weighted by molar-refractivity contribution is 5.72. The van der Waals surface area contributed by atoms with Crippen LogP contribution in [0.25, 0.3) is 0 Å². The van der Waals surface area contributed by atoms with Gasteiger partial charge in [-0.2, -0.15) is 0 Å². The van der Waals surface area contributed by atoms with Crippen molar-refractivity contribution in [2.75, 3.05) is 26.2 Å². The molecule has 1 rings (SSSR count). The lowest BCUT2D eigenvalue weighted by Crippen LogP contribution is -2.40. The number of carbonyl (C=O) groups excluding carboxylic acids is 2. The molecule has 0 radical (unpaired) electrons. The van der Waals surface area contributed by atoms with Crippen LogP contribution in [0.15, 0.2) is 30.3 Å². The Labute approximate surface area is 150 Å². The number of nitrogens with one attached hydrogen (secondary N) is 1. The van der Waals surface area contributed by atoms with E-state index in [1.54, 1.807) is 0 Å². The molecule has 0 atom stereocenters. The van der Waals surface area contributed by atoms with Crippen molar-refractivity contribution in [3.05, 3.63) is 35.9 Å². The van der Waals surface area contributed by atoms with Gasteiger partial charge in [-0.1, -0.05) is 37.3 Å². The molecule has 0 saturated heterocycles. The smallest absolute Gasteiger partial charge is 0.407 e. The molecule has 1 aromatic rings. The van der Waals surface area contributed by atoms with Crippen LogP contribution in [0, 0.1) is 0 Å². The minimum absolute atomic E-state index is 0.214. The molecule has 0 aliphatic heterocycles. The standard InChI is InChI=1S/C19H30N2O4/c1-5-12-21(14-17(22)25-19(2,3)4)13-11-20-18(23)24-15-16-9-7-6-8-10-16/h6-10H,5,11-15H2,1-4H3,(H,20,23). The van der Waals surface area contributed by atoms with Crippen molar-refractivity contribution in [2.24, 2.45) is 0 Å². The topological polar surface area (TPSA) is 67.9 Å². The van der Waals surface area contributed by atoms with Gasteiger partial charge in [-0.15, -0.1) is 0 Å². The van der Waals surface area contributed by atoms with Crippen molar-refractivity contribution >= 4 is 12.1 Å². The third-order valence-electron chi connectivity index (χ3n) is 3.22. The number of esters is 1. The van der Waals surface area contributed by atoms with Crippen LogP contribution in [0.4, 0.5) is 4.79 Å². The molecular formula is C19H30N2O4. The summed E-state index contributed by atoms with van der Waals surface area (Å²) < 4.78 is 10.5. The number of hydrogen-bond donors (Lipinski definition) is 1. The lowest BCUT2D eigenvalue weighted by molar-refractivity contribution is -0.156. The maximum Gasteiger partial charge on any atom is 0.407 e. The van der Waals surface area contributed by atoms with Crippen LogP contribution in [0.1, 0.15) is 39.7 Å². The number of alkyl carbamates (subject to hydrolysis) is 1. The van der Waals surface area contributed by atoms with Gasteiger partial charge in [0.1, 0.15) is 12.2 Å². The first-order chi connectivity index (χ1) is 11.8. The highest BCUT2D eigenvalue weighted by Crippen LogP contribution is 2.07. The first-order valence-electron chi connectivity index (χ1n) is 8.69. The van der Waals surface area contributed by atoms with Gasteiger partial charge in [-0.3, -0.25) is 9.69 Å². The highest BCUT2D eigenvalue weighted by atomic mass is 16.6. The predicted octanol–water partition coefficient (Wildman–Crippen LogP) is 2.97. The van der Waals surface area contributed by atoms with Gasteiger partial charge in [0.25, 0.3) is 0 Å². The van der Waals surface area contributed by atoms with Crippen LogP contribution in [0.5, 0.6) is 0 Å². The Kier molecular flexibility index (Phi) is 8.99. The molecule has 6 heteroatoms. The Morgan fingerprint density at radius 2 is 1.80 bits per heavy atom. The number of ether oxygens (including phenoxy) is 2. The van der Waals surface area contributed by atoms with Crippen molar-refractivity contribution < 1.29 is 19.1 Å². The fraction of sp³-hybridized carbons (Fsp3) is 0.579. The second-order valence-electron chi connectivity index (χ2n) is 6.85. The molecule has 140 valence electrons. The van der Waals surface area contributed by atoms with Crippen LogP contribution in [0.2, 0.25) is 0 Å². The third kappa shape index (κ3) is 10.4. The molecule has 0 bridgehead atoms. The zero-order valence-corrected chi connectivity index (χ0v) is 15.7. The first-order valence-corrected chi connectivity index (χ1v) is 8.69. The van der Waals surface area contributed by atoms with E-state index < -0.39 is 11.7 Å². The van der Waals surface area contributed by atoms with E-state index >= 15 is 0 Å². The Bertz CT molecular complexity index is 526. The van der Waals surface area contributed by atoms with Gasteiger partial charge in [0.2, 0.25) is 0 Å². The Morgan fingerprint density at radius 3 is 2.40 bits per heavy atom. The zero-order valence-electron chi connectivity index (χ0n) is 15.7. The summed E-state index contributed by atoms with van der Waals surface area (Å²) in [6.07, 6.45) is 0.457. The van der Waals surface area contributed by atoms with E-state index in [1.807, 2.05) is 62.9 Å². The van der Waals surface area contributed by atoms with Crippen molar-refractivity contribution in [1.82, 2.24) is 10.2 Å². The summed E-state index contributed by atoms with van der Waals surface area (Å²) in [6, 6.07) is 9.51. The van der Waals surface area contributed by atoms with Gasteiger partial charge in [-0.05, 0) is 39.3 Å². The number of amides is 1. The Morgan fingerprint density at radius 1 is 1.12 bits per heavy atom. The van der Waals surface area contributed by atoms with Crippen molar-refractivity contribution in [2.45, 2.75) is 46.3 Å². The summed E-state index contributed by atoms with van der Waals surface area (Å²) in [6.45, 7) is 9.78. The SMILES string of the molecule is CCCN(CCNC(=O)OCc1ccccc1)CC(=O)OC(C)(C)C. The van der Waals surface area contributed by atoms with Gasteiger partial charge in [0.15, 0.2) is 0 Å². The summed E-state index contributed by atoms with van der Waals surface area (Å²) in [5.74, 6) is -0.257. The fourth-order valence-corrected chi connectivity index (χ4v) is 2.23. The molecule has 1 amide bonds. The largest absolute Gasteiger partial charge is 0.459 e. The normalized spacial score (nSPS) is 11.2. The minimum Gasteiger partial charge on any atom is -0.459 e. The van der Waals surface area contributed by atoms with Crippen LogP contribution in [-0.4, -0.2) is 48.7 Å². The number of rotatable bonds is 9. The van der Waals surface area contributed by atoms with Gasteiger partial charge in [0, 0.05) is 13.1 Å². The Balaban J connectivity index is 2.29. The van der Waals surface area contributed by atoms with Crippen molar-refractivity contribution in [3.8, 4) is 0 Å². The van der Waals surface area contributed by atoms with Crippen LogP contribution >= 0.6 is 0 Å². The van der Waals surface area contributed by atoms with E-state index in [2.05, 4.69) is 5.32 Å². The van der Waals surface area contributed by atoms with Crippen LogP contribution in [0.3, 0.4) is 0 Å². The fourth-order valence-electron chi connectivity index (χ4n) is 2.23. The van der Waals surface area contributed by atoms with Gasteiger partial charge < -0.3 is 14.8 Å². The Hall–Kier alpha value is -2.08. The number of nitrogens with zero attached hydrogens (tertiary/aromatic N) is 1. The maximum atomic E-state index is 11.9. The van der Waals surface area contributed by atoms with E-state index in [-0.39, 0.29) is 19.1 Å². The monoisotopic (exact) mass is 350 g/mol. The van der Waals surface area contributed by atoms with Crippen LogP contribution < -0.4 is 5.32 Å². The number of hydrogen-bond acceptors (Lipinski definition) is 5. The predicted molar refractivity (Wildman–Crippen MR) is 97.2 cm³/mol. The minimum atomic E-state index is -0.492. The van der Waals surface area contributed by atoms with E-state index in [0.717, 1.165) is 18.5 Å². The zero-order chi connectivity index (χ0) is 18.7. The molecule has 6 nitrogen and oxygen atoms in total.